The van der Waals surface area contributed by atoms with Gasteiger partial charge in [0.1, 0.15) is 0 Å². The van der Waals surface area contributed by atoms with Gasteiger partial charge in [-0.2, -0.15) is 0 Å². The third kappa shape index (κ3) is 3.18. The number of carbonyl (C=O) groups excluding carboxylic acids is 1. The molecule has 1 saturated heterocycles. The third-order valence-corrected chi connectivity index (χ3v) is 3.03. The number of piperidine rings is 1. The van der Waals surface area contributed by atoms with Gasteiger partial charge >= 0.3 is 0 Å². The first kappa shape index (κ1) is 12.5. The SMILES string of the molecule is CO[C@@H]1CCCN(C(=O)[C@@H](N)C(C)C)C1. The molecule has 88 valence electrons. The minimum Gasteiger partial charge on any atom is -0.380 e. The minimum absolute atomic E-state index is 0.0618. The number of carbonyl (C=O) groups is 1. The lowest BCUT2D eigenvalue weighted by atomic mass is 10.0. The molecule has 1 aliphatic rings. The number of hydrogen-bond donors (Lipinski definition) is 1. The van der Waals surface area contributed by atoms with Gasteiger partial charge in [-0.3, -0.25) is 4.79 Å². The summed E-state index contributed by atoms with van der Waals surface area (Å²) in [7, 11) is 1.70. The van der Waals surface area contributed by atoms with Crippen LogP contribution in [0.15, 0.2) is 0 Å². The summed E-state index contributed by atoms with van der Waals surface area (Å²) in [5, 5.41) is 0. The van der Waals surface area contributed by atoms with E-state index in [0.717, 1.165) is 19.4 Å². The second-order valence-electron chi connectivity index (χ2n) is 4.55. The number of methoxy groups -OCH3 is 1. The molecular weight excluding hydrogens is 192 g/mol. The number of ether oxygens (including phenoxy) is 1. The van der Waals surface area contributed by atoms with E-state index >= 15 is 0 Å². The smallest absolute Gasteiger partial charge is 0.239 e. The Balaban J connectivity index is 2.52. The van der Waals surface area contributed by atoms with E-state index in [4.69, 9.17) is 10.5 Å². The second-order valence-corrected chi connectivity index (χ2v) is 4.55. The van der Waals surface area contributed by atoms with Gasteiger partial charge in [-0.1, -0.05) is 13.8 Å². The summed E-state index contributed by atoms with van der Waals surface area (Å²) in [6, 6.07) is -0.374. The van der Waals surface area contributed by atoms with E-state index in [1.807, 2.05) is 18.7 Å². The monoisotopic (exact) mass is 214 g/mol. The van der Waals surface area contributed by atoms with Crippen LogP contribution in [0.3, 0.4) is 0 Å². The van der Waals surface area contributed by atoms with Crippen molar-refractivity contribution < 1.29 is 9.53 Å². The minimum atomic E-state index is -0.374. The van der Waals surface area contributed by atoms with E-state index < -0.39 is 0 Å². The predicted octanol–water partition coefficient (Wildman–Crippen LogP) is 0.607. The van der Waals surface area contributed by atoms with Crippen molar-refractivity contribution in [3.05, 3.63) is 0 Å². The van der Waals surface area contributed by atoms with Crippen LogP contribution in [0.5, 0.6) is 0 Å². The van der Waals surface area contributed by atoms with Gasteiger partial charge in [0.15, 0.2) is 0 Å². The van der Waals surface area contributed by atoms with E-state index in [1.54, 1.807) is 7.11 Å². The van der Waals surface area contributed by atoms with Crippen LogP contribution >= 0.6 is 0 Å². The predicted molar refractivity (Wildman–Crippen MR) is 59.4 cm³/mol. The summed E-state index contributed by atoms with van der Waals surface area (Å²) < 4.78 is 5.28. The van der Waals surface area contributed by atoms with Gasteiger partial charge in [0.05, 0.1) is 12.1 Å². The molecule has 0 aromatic carbocycles. The molecule has 4 heteroatoms. The van der Waals surface area contributed by atoms with E-state index in [-0.39, 0.29) is 24.0 Å². The van der Waals surface area contributed by atoms with Gasteiger partial charge in [-0.05, 0) is 18.8 Å². The van der Waals surface area contributed by atoms with Crippen molar-refractivity contribution in [2.75, 3.05) is 20.2 Å². The van der Waals surface area contributed by atoms with Crippen LogP contribution in [0.1, 0.15) is 26.7 Å². The standard InChI is InChI=1S/C11H22N2O2/c1-8(2)10(12)11(14)13-6-4-5-9(7-13)15-3/h8-10H,4-7,12H2,1-3H3/t9-,10+/m1/s1. The average Bonchev–Trinajstić information content (AvgIpc) is 2.27. The summed E-state index contributed by atoms with van der Waals surface area (Å²) in [5.41, 5.74) is 5.85. The Morgan fingerprint density at radius 2 is 2.20 bits per heavy atom. The molecule has 2 atom stereocenters. The van der Waals surface area contributed by atoms with Gasteiger partial charge in [0.25, 0.3) is 0 Å². The second kappa shape index (κ2) is 5.47. The molecule has 0 aliphatic carbocycles. The van der Waals surface area contributed by atoms with Gasteiger partial charge in [0, 0.05) is 20.2 Å². The summed E-state index contributed by atoms with van der Waals surface area (Å²) in [6.45, 7) is 5.45. The summed E-state index contributed by atoms with van der Waals surface area (Å²) >= 11 is 0. The largest absolute Gasteiger partial charge is 0.380 e. The Morgan fingerprint density at radius 3 is 2.73 bits per heavy atom. The molecule has 1 amide bonds. The molecule has 15 heavy (non-hydrogen) atoms. The van der Waals surface area contributed by atoms with Crippen molar-refractivity contribution >= 4 is 5.91 Å². The highest BCUT2D eigenvalue weighted by Gasteiger charge is 2.28. The van der Waals surface area contributed by atoms with Crippen molar-refractivity contribution in [2.45, 2.75) is 38.8 Å². The molecule has 0 aromatic rings. The first-order valence-corrected chi connectivity index (χ1v) is 5.63. The molecule has 0 aromatic heterocycles. The van der Waals surface area contributed by atoms with Crippen molar-refractivity contribution in [3.63, 3.8) is 0 Å². The fraction of sp³-hybridized carbons (Fsp3) is 0.909. The van der Waals surface area contributed by atoms with Crippen molar-refractivity contribution in [1.29, 1.82) is 0 Å². The molecule has 0 spiro atoms. The Kier molecular flexibility index (Phi) is 4.54. The van der Waals surface area contributed by atoms with E-state index in [9.17, 15) is 4.79 Å². The van der Waals surface area contributed by atoms with Crippen LogP contribution in [0.25, 0.3) is 0 Å². The molecule has 2 N–H and O–H groups in total. The lowest BCUT2D eigenvalue weighted by Crippen LogP contribution is -2.51. The first-order valence-electron chi connectivity index (χ1n) is 5.63. The number of nitrogens with zero attached hydrogens (tertiary/aromatic N) is 1. The van der Waals surface area contributed by atoms with E-state index in [2.05, 4.69) is 0 Å². The van der Waals surface area contributed by atoms with E-state index in [0.29, 0.717) is 6.54 Å². The highest BCUT2D eigenvalue weighted by molar-refractivity contribution is 5.82. The van der Waals surface area contributed by atoms with Crippen LogP contribution in [0.4, 0.5) is 0 Å². The number of likely N-dealkylation sites (tertiary alicyclic amines) is 1. The first-order chi connectivity index (χ1) is 7.06. The quantitative estimate of drug-likeness (QED) is 0.749. The van der Waals surface area contributed by atoms with Crippen LogP contribution in [-0.4, -0.2) is 43.2 Å². The van der Waals surface area contributed by atoms with Gasteiger partial charge in [-0.15, -0.1) is 0 Å². The molecule has 1 rings (SSSR count). The third-order valence-electron chi connectivity index (χ3n) is 3.03. The zero-order valence-corrected chi connectivity index (χ0v) is 9.90. The highest BCUT2D eigenvalue weighted by atomic mass is 16.5. The maximum Gasteiger partial charge on any atom is 0.239 e. The molecule has 0 unspecified atom stereocenters. The van der Waals surface area contributed by atoms with Gasteiger partial charge in [0.2, 0.25) is 5.91 Å². The average molecular weight is 214 g/mol. The van der Waals surface area contributed by atoms with Crippen LogP contribution in [0.2, 0.25) is 0 Å². The van der Waals surface area contributed by atoms with Crippen LogP contribution < -0.4 is 5.73 Å². The Hall–Kier alpha value is -0.610. The number of nitrogens with two attached hydrogens (primary N) is 1. The highest BCUT2D eigenvalue weighted by Crippen LogP contribution is 2.14. The summed E-state index contributed by atoms with van der Waals surface area (Å²) in [4.78, 5) is 13.8. The fourth-order valence-corrected chi connectivity index (χ4v) is 1.83. The molecule has 0 radical (unpaired) electrons. The maximum absolute atomic E-state index is 11.9. The zero-order valence-electron chi connectivity index (χ0n) is 9.90. The molecule has 0 bridgehead atoms. The number of amides is 1. The molecule has 0 saturated carbocycles. The number of rotatable bonds is 3. The van der Waals surface area contributed by atoms with Crippen LogP contribution in [-0.2, 0) is 9.53 Å². The lowest BCUT2D eigenvalue weighted by molar-refractivity contribution is -0.137. The van der Waals surface area contributed by atoms with Crippen molar-refractivity contribution in [2.24, 2.45) is 11.7 Å². The van der Waals surface area contributed by atoms with E-state index in [1.165, 1.54) is 0 Å². The Labute approximate surface area is 91.8 Å². The van der Waals surface area contributed by atoms with Crippen molar-refractivity contribution in [1.82, 2.24) is 4.90 Å². The maximum atomic E-state index is 11.9. The Bertz CT molecular complexity index is 219. The van der Waals surface area contributed by atoms with Gasteiger partial charge in [-0.25, -0.2) is 0 Å². The fourth-order valence-electron chi connectivity index (χ4n) is 1.83. The zero-order chi connectivity index (χ0) is 11.4. The van der Waals surface area contributed by atoms with Gasteiger partial charge < -0.3 is 15.4 Å². The lowest BCUT2D eigenvalue weighted by Gasteiger charge is -2.34. The number of hydrogen-bond acceptors (Lipinski definition) is 3. The van der Waals surface area contributed by atoms with Crippen LogP contribution in [0, 0.1) is 5.92 Å². The molecule has 1 heterocycles. The molecule has 4 nitrogen and oxygen atoms in total. The summed E-state index contributed by atoms with van der Waals surface area (Å²) in [5.74, 6) is 0.257. The molecular formula is C11H22N2O2. The van der Waals surface area contributed by atoms with Crippen molar-refractivity contribution in [3.8, 4) is 0 Å². The topological polar surface area (TPSA) is 55.6 Å². The molecule has 1 fully saturated rings. The molecule has 1 aliphatic heterocycles. The normalized spacial score (nSPS) is 24.3. The summed E-state index contributed by atoms with van der Waals surface area (Å²) in [6.07, 6.45) is 2.23. The Morgan fingerprint density at radius 1 is 1.53 bits per heavy atom.